The average Bonchev–Trinajstić information content (AvgIpc) is 3.23. The van der Waals surface area contributed by atoms with Crippen LogP contribution in [0, 0.1) is 0 Å². The minimum atomic E-state index is -0.516. The summed E-state index contributed by atoms with van der Waals surface area (Å²) in [5, 5.41) is 3.49. The lowest BCUT2D eigenvalue weighted by molar-refractivity contribution is -0.121. The zero-order valence-corrected chi connectivity index (χ0v) is 14.7. The van der Waals surface area contributed by atoms with Crippen molar-refractivity contribution in [3.05, 3.63) is 20.8 Å². The number of thiazole rings is 1. The van der Waals surface area contributed by atoms with E-state index in [1.165, 1.54) is 23.0 Å². The number of anilines is 1. The van der Waals surface area contributed by atoms with Crippen LogP contribution in [-0.4, -0.2) is 39.7 Å². The number of aromatic nitrogens is 3. The molecule has 2 aromatic heterocycles. The molecular weight excluding hydrogens is 330 g/mol. The molecule has 0 radical (unpaired) electrons. The number of hydrogen-bond donors (Lipinski definition) is 1. The fraction of sp³-hybridized carbons (Fsp3) is 0.600. The molecule has 8 nitrogen and oxygen atoms in total. The first-order valence-corrected chi connectivity index (χ1v) is 8.96. The second-order valence-electron chi connectivity index (χ2n) is 5.93. The number of carbonyl (C=O) groups excluding carboxylic acids is 1. The first-order valence-electron chi connectivity index (χ1n) is 8.15. The van der Waals surface area contributed by atoms with Crippen LogP contribution in [0.5, 0.6) is 0 Å². The van der Waals surface area contributed by atoms with Crippen molar-refractivity contribution in [3.63, 3.8) is 0 Å². The van der Waals surface area contributed by atoms with E-state index in [2.05, 4.69) is 15.2 Å². The van der Waals surface area contributed by atoms with Gasteiger partial charge in [0, 0.05) is 26.7 Å². The zero-order chi connectivity index (χ0) is 17.3. The Kier molecular flexibility index (Phi) is 4.70. The van der Waals surface area contributed by atoms with Gasteiger partial charge >= 0.3 is 5.69 Å². The molecule has 0 unspecified atom stereocenters. The minimum Gasteiger partial charge on any atom is -0.355 e. The van der Waals surface area contributed by atoms with Crippen molar-refractivity contribution in [1.29, 1.82) is 0 Å². The predicted octanol–water partition coefficient (Wildman–Crippen LogP) is 0.283. The van der Waals surface area contributed by atoms with E-state index in [-0.39, 0.29) is 18.0 Å². The van der Waals surface area contributed by atoms with Crippen molar-refractivity contribution in [1.82, 2.24) is 19.4 Å². The zero-order valence-electron chi connectivity index (χ0n) is 13.9. The molecule has 0 atom stereocenters. The molecule has 2 aromatic rings. The van der Waals surface area contributed by atoms with E-state index in [4.69, 9.17) is 0 Å². The van der Waals surface area contributed by atoms with Gasteiger partial charge in [-0.1, -0.05) is 18.3 Å². The Bertz CT molecular complexity index is 876. The van der Waals surface area contributed by atoms with Gasteiger partial charge in [-0.05, 0) is 19.3 Å². The van der Waals surface area contributed by atoms with Crippen molar-refractivity contribution in [2.75, 3.05) is 24.5 Å². The maximum Gasteiger partial charge on any atom is 0.332 e. The summed E-state index contributed by atoms with van der Waals surface area (Å²) in [5.74, 6) is -0.255. The quantitative estimate of drug-likeness (QED) is 0.836. The molecule has 1 aliphatic heterocycles. The van der Waals surface area contributed by atoms with Crippen LogP contribution < -0.4 is 21.5 Å². The Hall–Kier alpha value is -2.16. The standard InChI is InChI=1S/C15H21N5O3S/c1-3-6-16-10(21)9-20-12-11(13(22)18(2)15(20)23)24-14(17-12)19-7-4-5-8-19/h3-9H2,1-2H3,(H,16,21). The largest absolute Gasteiger partial charge is 0.355 e. The number of carbonyl (C=O) groups is 1. The van der Waals surface area contributed by atoms with E-state index in [0.29, 0.717) is 16.9 Å². The number of nitrogens with zero attached hydrogens (tertiary/aromatic N) is 4. The lowest BCUT2D eigenvalue weighted by Gasteiger charge is -2.12. The van der Waals surface area contributed by atoms with Gasteiger partial charge in [0.25, 0.3) is 5.56 Å². The van der Waals surface area contributed by atoms with Crippen molar-refractivity contribution < 1.29 is 4.79 Å². The molecule has 1 fully saturated rings. The number of amides is 1. The van der Waals surface area contributed by atoms with E-state index in [1.54, 1.807) is 0 Å². The Morgan fingerprint density at radius 2 is 2.00 bits per heavy atom. The van der Waals surface area contributed by atoms with E-state index in [1.807, 2.05) is 6.92 Å². The van der Waals surface area contributed by atoms with Crippen LogP contribution in [-0.2, 0) is 18.4 Å². The molecule has 24 heavy (non-hydrogen) atoms. The van der Waals surface area contributed by atoms with Gasteiger partial charge in [0.1, 0.15) is 11.2 Å². The van der Waals surface area contributed by atoms with Crippen molar-refractivity contribution in [2.24, 2.45) is 7.05 Å². The average molecular weight is 351 g/mol. The van der Waals surface area contributed by atoms with Crippen LogP contribution in [0.3, 0.4) is 0 Å². The van der Waals surface area contributed by atoms with Crippen LogP contribution in [0.1, 0.15) is 26.2 Å². The van der Waals surface area contributed by atoms with Gasteiger partial charge in [-0.3, -0.25) is 18.7 Å². The van der Waals surface area contributed by atoms with E-state index in [0.717, 1.165) is 42.1 Å². The third-order valence-electron chi connectivity index (χ3n) is 4.12. The molecule has 1 amide bonds. The minimum absolute atomic E-state index is 0.132. The third-order valence-corrected chi connectivity index (χ3v) is 5.21. The summed E-state index contributed by atoms with van der Waals surface area (Å²) >= 11 is 1.29. The summed E-state index contributed by atoms with van der Waals surface area (Å²) in [6.07, 6.45) is 3.01. The SMILES string of the molecule is CCCNC(=O)Cn1c(=O)n(C)c(=O)c2sc(N3CCCC3)nc21. The first-order chi connectivity index (χ1) is 11.5. The molecular formula is C15H21N5O3S. The molecule has 1 N–H and O–H groups in total. The van der Waals surface area contributed by atoms with Crippen LogP contribution in [0.25, 0.3) is 10.3 Å². The number of nitrogens with one attached hydrogen (secondary N) is 1. The smallest absolute Gasteiger partial charge is 0.332 e. The summed E-state index contributed by atoms with van der Waals surface area (Å²) < 4.78 is 2.75. The molecule has 0 bridgehead atoms. The summed E-state index contributed by atoms with van der Waals surface area (Å²) in [5.41, 5.74) is -0.567. The molecule has 130 valence electrons. The highest BCUT2D eigenvalue weighted by Crippen LogP contribution is 2.28. The second-order valence-corrected chi connectivity index (χ2v) is 6.90. The van der Waals surface area contributed by atoms with Gasteiger partial charge < -0.3 is 10.2 Å². The third kappa shape index (κ3) is 2.95. The van der Waals surface area contributed by atoms with E-state index < -0.39 is 5.69 Å². The van der Waals surface area contributed by atoms with Gasteiger partial charge in [0.05, 0.1) is 0 Å². The monoisotopic (exact) mass is 351 g/mol. The van der Waals surface area contributed by atoms with Gasteiger partial charge in [0.15, 0.2) is 10.8 Å². The van der Waals surface area contributed by atoms with Gasteiger partial charge in [-0.15, -0.1) is 0 Å². The highest BCUT2D eigenvalue weighted by Gasteiger charge is 2.22. The predicted molar refractivity (Wildman–Crippen MR) is 93.9 cm³/mol. The maximum atomic E-state index is 12.4. The molecule has 0 saturated carbocycles. The lowest BCUT2D eigenvalue weighted by Crippen LogP contribution is -2.41. The first kappa shape index (κ1) is 16.7. The summed E-state index contributed by atoms with van der Waals surface area (Å²) in [6.45, 7) is 4.19. The van der Waals surface area contributed by atoms with Crippen molar-refractivity contribution >= 4 is 32.7 Å². The van der Waals surface area contributed by atoms with Crippen LogP contribution in [0.2, 0.25) is 0 Å². The molecule has 0 aliphatic carbocycles. The van der Waals surface area contributed by atoms with Gasteiger partial charge in [0.2, 0.25) is 5.91 Å². The molecule has 3 rings (SSSR count). The van der Waals surface area contributed by atoms with Crippen molar-refractivity contribution in [3.8, 4) is 0 Å². The fourth-order valence-electron chi connectivity index (χ4n) is 2.78. The fourth-order valence-corrected chi connectivity index (χ4v) is 3.88. The second kappa shape index (κ2) is 6.76. The Labute approximate surface area is 142 Å². The number of fused-ring (bicyclic) bond motifs is 1. The summed E-state index contributed by atoms with van der Waals surface area (Å²) in [7, 11) is 1.43. The molecule has 0 aromatic carbocycles. The van der Waals surface area contributed by atoms with E-state index >= 15 is 0 Å². The molecule has 0 spiro atoms. The van der Waals surface area contributed by atoms with Crippen LogP contribution in [0.4, 0.5) is 5.13 Å². The summed E-state index contributed by atoms with van der Waals surface area (Å²) in [4.78, 5) is 43.5. The van der Waals surface area contributed by atoms with Crippen LogP contribution >= 0.6 is 11.3 Å². The van der Waals surface area contributed by atoms with Gasteiger partial charge in [-0.25, -0.2) is 9.78 Å². The maximum absolute atomic E-state index is 12.4. The van der Waals surface area contributed by atoms with Crippen LogP contribution in [0.15, 0.2) is 9.59 Å². The highest BCUT2D eigenvalue weighted by molar-refractivity contribution is 7.22. The molecule has 1 aliphatic rings. The number of hydrogen-bond acceptors (Lipinski definition) is 6. The lowest BCUT2D eigenvalue weighted by atomic mass is 10.4. The molecule has 3 heterocycles. The molecule has 9 heteroatoms. The highest BCUT2D eigenvalue weighted by atomic mass is 32.1. The normalized spacial score (nSPS) is 14.5. The Morgan fingerprint density at radius 3 is 2.67 bits per heavy atom. The topological polar surface area (TPSA) is 89.2 Å². The van der Waals surface area contributed by atoms with Crippen molar-refractivity contribution in [2.45, 2.75) is 32.7 Å². The number of rotatable bonds is 5. The van der Waals surface area contributed by atoms with Gasteiger partial charge in [-0.2, -0.15) is 0 Å². The van der Waals surface area contributed by atoms with E-state index in [9.17, 15) is 14.4 Å². The Balaban J connectivity index is 2.07. The molecule has 1 saturated heterocycles. The Morgan fingerprint density at radius 1 is 1.29 bits per heavy atom. The summed E-state index contributed by atoms with van der Waals surface area (Å²) in [6, 6.07) is 0.